The molecular weight excluding hydrogens is 1160 g/mol. The van der Waals surface area contributed by atoms with Crippen LogP contribution in [0.25, 0.3) is 0 Å². The average Bonchev–Trinajstić information content (AvgIpc) is 3.82. The number of benzene rings is 1. The van der Waals surface area contributed by atoms with Crippen molar-refractivity contribution in [2.75, 3.05) is 165 Å². The molecule has 484 valence electrons. The number of hydrogen-bond donors (Lipinski definition) is 6. The summed E-state index contributed by atoms with van der Waals surface area (Å²) in [5.41, 5.74) is 7.26. The van der Waals surface area contributed by atoms with Crippen LogP contribution in [-0.4, -0.2) is 225 Å². The number of amides is 3. The molecule has 27 nitrogen and oxygen atoms in total. The summed E-state index contributed by atoms with van der Waals surface area (Å²) in [4.78, 5) is 57.5. The van der Waals surface area contributed by atoms with Gasteiger partial charge in [-0.25, -0.2) is 23.6 Å². The Morgan fingerprint density at radius 1 is 0.671 bits per heavy atom. The van der Waals surface area contributed by atoms with Gasteiger partial charge in [0.05, 0.1) is 151 Å². The van der Waals surface area contributed by atoms with E-state index in [1.54, 1.807) is 6.08 Å². The van der Waals surface area contributed by atoms with Gasteiger partial charge in [-0.2, -0.15) is 17.2 Å². The van der Waals surface area contributed by atoms with Gasteiger partial charge in [0.15, 0.2) is 16.5 Å². The molecule has 0 saturated heterocycles. The lowest BCUT2D eigenvalue weighted by molar-refractivity contribution is -0.181. The van der Waals surface area contributed by atoms with E-state index in [4.69, 9.17) is 72.6 Å². The molecule has 0 radical (unpaired) electrons. The van der Waals surface area contributed by atoms with E-state index in [9.17, 15) is 45.2 Å². The molecule has 3 amide bonds. The molecule has 0 bridgehead atoms. The number of ether oxygens (including phenoxy) is 12. The van der Waals surface area contributed by atoms with Crippen LogP contribution in [0.2, 0.25) is 0 Å². The molecule has 0 unspecified atom stereocenters. The molecule has 1 aromatic rings. The number of carbonyl (C=O) groups is 4. The monoisotopic (exact) mass is 1250 g/mol. The Morgan fingerprint density at radius 3 is 1.59 bits per heavy atom. The number of rotatable bonds is 51. The van der Waals surface area contributed by atoms with E-state index in [1.165, 1.54) is 5.06 Å². The van der Waals surface area contributed by atoms with E-state index in [1.807, 2.05) is 6.92 Å². The van der Waals surface area contributed by atoms with Crippen molar-refractivity contribution in [2.24, 2.45) is 10.7 Å². The van der Waals surface area contributed by atoms with Gasteiger partial charge in [0.2, 0.25) is 23.3 Å². The van der Waals surface area contributed by atoms with Crippen molar-refractivity contribution in [3.63, 3.8) is 0 Å². The quantitative estimate of drug-likeness (QED) is 0.00797. The third-order valence-electron chi connectivity index (χ3n) is 11.7. The maximum absolute atomic E-state index is 14.0. The van der Waals surface area contributed by atoms with Gasteiger partial charge in [-0.1, -0.05) is 6.92 Å². The van der Waals surface area contributed by atoms with Crippen LogP contribution in [0.1, 0.15) is 71.1 Å². The highest BCUT2D eigenvalue weighted by Gasteiger charge is 2.34. The summed E-state index contributed by atoms with van der Waals surface area (Å²) in [6, 6.07) is 0. The molecule has 0 atom stereocenters. The van der Waals surface area contributed by atoms with Crippen LogP contribution in [0.15, 0.2) is 32.9 Å². The highest BCUT2D eigenvalue weighted by Crippen LogP contribution is 2.33. The Balaban J connectivity index is 1.02. The average molecular weight is 1250 g/mol. The Labute approximate surface area is 492 Å². The molecule has 3 rings (SSSR count). The Bertz CT molecular complexity index is 2350. The normalized spacial score (nSPS) is 13.6. The fourth-order valence-electron chi connectivity index (χ4n) is 7.16. The summed E-state index contributed by atoms with van der Waals surface area (Å²) >= 11 is 0. The van der Waals surface area contributed by atoms with Gasteiger partial charge in [-0.15, -0.1) is 0 Å². The number of hydroxylamine groups is 2. The summed E-state index contributed by atoms with van der Waals surface area (Å²) in [6.07, 6.45) is 7.61. The summed E-state index contributed by atoms with van der Waals surface area (Å²) in [6.45, 7) is 9.23. The molecule has 2 aliphatic rings. The number of nitrogens with two attached hydrogens (primary N) is 1. The molecule has 1 aliphatic heterocycles. The highest BCUT2D eigenvalue weighted by atomic mass is 32.2. The second-order valence-electron chi connectivity index (χ2n) is 18.3. The van der Waals surface area contributed by atoms with E-state index in [2.05, 4.69) is 25.7 Å². The van der Waals surface area contributed by atoms with Crippen LogP contribution in [0.5, 0.6) is 5.75 Å². The Morgan fingerprint density at radius 2 is 1.14 bits per heavy atom. The number of alkyl carbamates (subject to hydrolysis) is 1. The van der Waals surface area contributed by atoms with Crippen molar-refractivity contribution in [3.05, 3.63) is 46.3 Å². The Hall–Kier alpha value is -5.49. The van der Waals surface area contributed by atoms with Crippen LogP contribution >= 0.6 is 0 Å². The zero-order valence-corrected chi connectivity index (χ0v) is 48.9. The summed E-state index contributed by atoms with van der Waals surface area (Å²) < 4.78 is 150. The molecule has 1 fully saturated rings. The van der Waals surface area contributed by atoms with Crippen LogP contribution in [0.3, 0.4) is 0 Å². The summed E-state index contributed by atoms with van der Waals surface area (Å²) in [7, 11) is -5.65. The first-order valence-electron chi connectivity index (χ1n) is 28.1. The molecule has 7 N–H and O–H groups in total. The molecule has 32 heteroatoms. The molecule has 1 aromatic carbocycles. The Kier molecular flexibility index (Phi) is 39.0. The van der Waals surface area contributed by atoms with Gasteiger partial charge in [-0.05, 0) is 51.0 Å². The van der Waals surface area contributed by atoms with E-state index in [0.717, 1.165) is 44.7 Å². The SMILES string of the molecule is CCCN(OCCNC(=O)OC1CCC1)C(=O)C1=CC(NCCCCCNC(=O)CCOCCOCCOCCOCCOCCOCCOCCOCCOCCOCCC(=O)Oc2c(F)c(F)c(S(=O)(=O)O)c(F)c2F)=C(C=N)N=C(N)C1. The zero-order valence-electron chi connectivity index (χ0n) is 48.1. The van der Waals surface area contributed by atoms with Crippen molar-refractivity contribution in [2.45, 2.75) is 82.1 Å². The van der Waals surface area contributed by atoms with Crippen LogP contribution in [0.4, 0.5) is 22.4 Å². The first-order valence-corrected chi connectivity index (χ1v) is 29.5. The first kappa shape index (κ1) is 73.8. The number of carbonyl (C=O) groups excluding carboxylic acids is 4. The first-order chi connectivity index (χ1) is 41.1. The van der Waals surface area contributed by atoms with Crippen LogP contribution < -0.4 is 26.4 Å². The van der Waals surface area contributed by atoms with E-state index < -0.39 is 68.4 Å². The minimum Gasteiger partial charge on any atom is -0.446 e. The van der Waals surface area contributed by atoms with Gasteiger partial charge in [0.1, 0.15) is 17.6 Å². The number of unbranched alkanes of at least 4 members (excludes halogenated alkanes) is 2. The van der Waals surface area contributed by atoms with E-state index in [-0.39, 0.29) is 83.5 Å². The second-order valence-corrected chi connectivity index (χ2v) is 19.7. The van der Waals surface area contributed by atoms with Crippen LogP contribution in [0, 0.1) is 28.7 Å². The summed E-state index contributed by atoms with van der Waals surface area (Å²) in [5.74, 6) is -13.0. The van der Waals surface area contributed by atoms with Crippen molar-refractivity contribution < 1.29 is 111 Å². The maximum Gasteiger partial charge on any atom is 0.407 e. The number of esters is 1. The molecular formula is C53H83F4N7O20S. The lowest BCUT2D eigenvalue weighted by Crippen LogP contribution is -2.38. The van der Waals surface area contributed by atoms with Crippen molar-refractivity contribution in [3.8, 4) is 5.75 Å². The van der Waals surface area contributed by atoms with Gasteiger partial charge in [0, 0.05) is 50.8 Å². The standard InChI is InChI=1S/C53H83F4N7O20S/c1-2-14-64(82-17-13-62-53(68)83-40-7-6-8-40)52(67)39-36-41(42(38-58)63-43(59)37-39)60-11-4-3-5-12-61-44(65)9-15-72-18-20-74-22-24-76-26-28-78-30-32-80-34-35-81-33-31-79-29-27-77-25-23-75-21-19-73-16-10-45(66)84-50-46(54)48(56)51(85(69,70)71)49(57)47(50)55/h36,38,40,58,60H,2-35,37H2,1H3,(H2,59,63)(H,61,65)(H,62,68)(H,69,70,71). The molecule has 1 aliphatic carbocycles. The number of allylic oxidation sites excluding steroid dienone is 2. The van der Waals surface area contributed by atoms with Gasteiger partial charge in [-0.3, -0.25) is 23.8 Å². The fraction of sp³-hybridized carbons (Fsp3) is 0.698. The number of halogens is 4. The zero-order chi connectivity index (χ0) is 61.9. The molecule has 85 heavy (non-hydrogen) atoms. The van der Waals surface area contributed by atoms with E-state index >= 15 is 0 Å². The number of nitrogens with one attached hydrogen (secondary N) is 4. The third-order valence-corrected chi connectivity index (χ3v) is 12.5. The summed E-state index contributed by atoms with van der Waals surface area (Å²) in [5, 5.41) is 18.0. The van der Waals surface area contributed by atoms with Crippen molar-refractivity contribution in [1.82, 2.24) is 21.0 Å². The highest BCUT2D eigenvalue weighted by molar-refractivity contribution is 7.85. The molecule has 0 spiro atoms. The van der Waals surface area contributed by atoms with Crippen molar-refractivity contribution in [1.29, 1.82) is 5.41 Å². The lowest BCUT2D eigenvalue weighted by atomic mass is 9.96. The smallest absolute Gasteiger partial charge is 0.407 e. The lowest BCUT2D eigenvalue weighted by Gasteiger charge is -2.25. The molecule has 1 saturated carbocycles. The number of hydrogen-bond acceptors (Lipinski definition) is 23. The number of amidine groups is 1. The predicted molar refractivity (Wildman–Crippen MR) is 294 cm³/mol. The predicted octanol–water partition coefficient (Wildman–Crippen LogP) is 3.21. The third kappa shape index (κ3) is 32.2. The minimum atomic E-state index is -5.65. The fourth-order valence-corrected chi connectivity index (χ4v) is 7.79. The maximum atomic E-state index is 14.0. The molecule has 0 aromatic heterocycles. The topological polar surface area (TPSA) is 344 Å². The minimum absolute atomic E-state index is 0.0134. The number of aliphatic imine (C=N–C) groups is 1. The molecule has 1 heterocycles. The second kappa shape index (κ2) is 44.9. The van der Waals surface area contributed by atoms with Gasteiger partial charge in [0.25, 0.3) is 5.91 Å². The van der Waals surface area contributed by atoms with Gasteiger partial charge >= 0.3 is 22.2 Å². The van der Waals surface area contributed by atoms with Gasteiger partial charge < -0.3 is 83.9 Å². The van der Waals surface area contributed by atoms with Crippen LogP contribution in [-0.2, 0) is 81.4 Å². The number of nitrogens with zero attached hydrogens (tertiary/aromatic N) is 2. The largest absolute Gasteiger partial charge is 0.446 e. The van der Waals surface area contributed by atoms with E-state index in [0.29, 0.717) is 136 Å². The van der Waals surface area contributed by atoms with Crippen molar-refractivity contribution >= 4 is 46.0 Å².